The number of carboxylic acid groups (broad SMARTS) is 1. The average Bonchev–Trinajstić information content (AvgIpc) is 2.83. The van der Waals surface area contributed by atoms with E-state index in [0.717, 1.165) is 16.5 Å². The molecule has 0 aliphatic heterocycles. The summed E-state index contributed by atoms with van der Waals surface area (Å²) in [5.41, 5.74) is 1.84. The van der Waals surface area contributed by atoms with Crippen molar-refractivity contribution in [1.29, 1.82) is 0 Å². The van der Waals surface area contributed by atoms with Gasteiger partial charge in [0.1, 0.15) is 6.04 Å². The van der Waals surface area contributed by atoms with Crippen molar-refractivity contribution in [2.24, 2.45) is 0 Å². The minimum absolute atomic E-state index is 0.263. The maximum atomic E-state index is 11.1. The van der Waals surface area contributed by atoms with Crippen LogP contribution >= 0.6 is 0 Å². The van der Waals surface area contributed by atoms with Crippen molar-refractivity contribution in [1.82, 2.24) is 10.3 Å². The molecule has 0 saturated heterocycles. The molecule has 1 amide bonds. The van der Waals surface area contributed by atoms with Gasteiger partial charge in [0.15, 0.2) is 0 Å². The molecule has 1 aromatic heterocycles. The molecule has 2 rings (SSSR count). The van der Waals surface area contributed by atoms with E-state index in [2.05, 4.69) is 10.3 Å². The average molecular weight is 276 g/mol. The molecule has 5 heteroatoms. The quantitative estimate of drug-likeness (QED) is 0.801. The summed E-state index contributed by atoms with van der Waals surface area (Å²) in [4.78, 5) is 25.1. The van der Waals surface area contributed by atoms with Gasteiger partial charge in [0.2, 0.25) is 5.91 Å². The molecule has 0 aliphatic carbocycles. The van der Waals surface area contributed by atoms with Crippen molar-refractivity contribution in [3.05, 3.63) is 36.0 Å². The molecular weight excluding hydrogens is 256 g/mol. The Labute approximate surface area is 118 Å². The second kappa shape index (κ2) is 7.33. The number of aromatic nitrogens is 1. The lowest BCUT2D eigenvalue weighted by molar-refractivity contribution is -0.141. The van der Waals surface area contributed by atoms with Crippen molar-refractivity contribution in [2.45, 2.75) is 33.2 Å². The number of hydrogen-bond acceptors (Lipinski definition) is 2. The third kappa shape index (κ3) is 3.85. The third-order valence-corrected chi connectivity index (χ3v) is 2.77. The van der Waals surface area contributed by atoms with Gasteiger partial charge in [-0.3, -0.25) is 4.79 Å². The zero-order valence-corrected chi connectivity index (χ0v) is 11.9. The van der Waals surface area contributed by atoms with Crippen LogP contribution in [0.5, 0.6) is 0 Å². The smallest absolute Gasteiger partial charge is 0.326 e. The molecule has 5 nitrogen and oxygen atoms in total. The molecule has 108 valence electrons. The number of H-pyrrole nitrogens is 1. The summed E-state index contributed by atoms with van der Waals surface area (Å²) in [6, 6.07) is 6.75. The molecule has 0 fully saturated rings. The summed E-state index contributed by atoms with van der Waals surface area (Å²) >= 11 is 0. The van der Waals surface area contributed by atoms with Crippen molar-refractivity contribution in [3.8, 4) is 0 Å². The molecule has 0 radical (unpaired) electrons. The number of hydrogen-bond donors (Lipinski definition) is 3. The highest BCUT2D eigenvalue weighted by Crippen LogP contribution is 2.19. The molecule has 1 atom stereocenters. The molecule has 0 bridgehead atoms. The lowest BCUT2D eigenvalue weighted by Gasteiger charge is -2.12. The molecule has 20 heavy (non-hydrogen) atoms. The molecule has 0 saturated carbocycles. The van der Waals surface area contributed by atoms with Crippen molar-refractivity contribution in [2.75, 3.05) is 0 Å². The number of nitrogens with one attached hydrogen (secondary N) is 2. The van der Waals surface area contributed by atoms with E-state index in [1.807, 2.05) is 38.1 Å². The molecule has 1 heterocycles. The van der Waals surface area contributed by atoms with Crippen molar-refractivity contribution in [3.63, 3.8) is 0 Å². The first kappa shape index (κ1) is 15.8. The summed E-state index contributed by atoms with van der Waals surface area (Å²) in [7, 11) is 0. The Hall–Kier alpha value is -2.30. The molecule has 3 N–H and O–H groups in total. The molecule has 2 aromatic rings. The van der Waals surface area contributed by atoms with E-state index < -0.39 is 12.0 Å². The summed E-state index contributed by atoms with van der Waals surface area (Å²) in [6.45, 7) is 5.31. The van der Waals surface area contributed by atoms with Gasteiger partial charge >= 0.3 is 5.97 Å². The molecule has 1 unspecified atom stereocenters. The number of carboxylic acids is 1. The maximum Gasteiger partial charge on any atom is 0.326 e. The highest BCUT2D eigenvalue weighted by molar-refractivity contribution is 5.86. The van der Waals surface area contributed by atoms with E-state index in [4.69, 9.17) is 5.11 Å². The van der Waals surface area contributed by atoms with Crippen molar-refractivity contribution >= 4 is 22.8 Å². The predicted octanol–water partition coefficient (Wildman–Crippen LogP) is 2.33. The monoisotopic (exact) mass is 276 g/mol. The van der Waals surface area contributed by atoms with Crippen LogP contribution in [0.3, 0.4) is 0 Å². The van der Waals surface area contributed by atoms with E-state index in [0.29, 0.717) is 0 Å². The minimum atomic E-state index is -1.03. The van der Waals surface area contributed by atoms with Crippen LogP contribution in [0, 0.1) is 0 Å². The number of para-hydroxylation sites is 1. The predicted molar refractivity (Wildman–Crippen MR) is 78.6 cm³/mol. The lowest BCUT2D eigenvalue weighted by atomic mass is 10.1. The molecule has 1 aromatic carbocycles. The van der Waals surface area contributed by atoms with Gasteiger partial charge in [0, 0.05) is 30.4 Å². The van der Waals surface area contributed by atoms with Gasteiger partial charge in [-0.2, -0.15) is 0 Å². The second-order valence-electron chi connectivity index (χ2n) is 4.15. The molecule has 0 spiro atoms. The normalized spacial score (nSPS) is 11.3. The van der Waals surface area contributed by atoms with Gasteiger partial charge in [-0.05, 0) is 11.6 Å². The van der Waals surface area contributed by atoms with Gasteiger partial charge in [-0.15, -0.1) is 0 Å². The maximum absolute atomic E-state index is 11.1. The first-order chi connectivity index (χ1) is 9.58. The number of benzene rings is 1. The zero-order valence-electron chi connectivity index (χ0n) is 11.9. The third-order valence-electron chi connectivity index (χ3n) is 2.77. The number of aliphatic carboxylic acids is 1. The van der Waals surface area contributed by atoms with Crippen LogP contribution in [0.1, 0.15) is 26.3 Å². The standard InChI is InChI=1S/C13H14N2O3.C2H6/c1-8(16)15-12(13(17)18)6-9-7-14-11-5-3-2-4-10(9)11;1-2/h2-5,7,12,14H,6H2,1H3,(H,15,16)(H,17,18);1-2H3. The Balaban J connectivity index is 0.000000956. The number of carbonyl (C=O) groups excluding carboxylic acids is 1. The molecular formula is C15H20N2O3. The van der Waals surface area contributed by atoms with E-state index in [-0.39, 0.29) is 12.3 Å². The van der Waals surface area contributed by atoms with E-state index in [9.17, 15) is 9.59 Å². The summed E-state index contributed by atoms with van der Waals surface area (Å²) in [6.07, 6.45) is 2.04. The van der Waals surface area contributed by atoms with E-state index >= 15 is 0 Å². The first-order valence-electron chi connectivity index (χ1n) is 6.63. The minimum Gasteiger partial charge on any atom is -0.480 e. The van der Waals surface area contributed by atoms with E-state index in [1.165, 1.54) is 6.92 Å². The Morgan fingerprint density at radius 2 is 1.95 bits per heavy atom. The van der Waals surface area contributed by atoms with Crippen LogP contribution in [0.15, 0.2) is 30.5 Å². The molecule has 0 aliphatic rings. The Morgan fingerprint density at radius 1 is 1.30 bits per heavy atom. The number of aromatic amines is 1. The van der Waals surface area contributed by atoms with Crippen LogP contribution < -0.4 is 5.32 Å². The summed E-state index contributed by atoms with van der Waals surface area (Å²) < 4.78 is 0. The summed E-state index contributed by atoms with van der Waals surface area (Å²) in [5, 5.41) is 12.5. The lowest BCUT2D eigenvalue weighted by Crippen LogP contribution is -2.41. The van der Waals surface area contributed by atoms with Gasteiger partial charge in [0.25, 0.3) is 0 Å². The fourth-order valence-corrected chi connectivity index (χ4v) is 1.97. The van der Waals surface area contributed by atoms with Gasteiger partial charge in [0.05, 0.1) is 0 Å². The number of fused-ring (bicyclic) bond motifs is 1. The number of carbonyl (C=O) groups is 2. The van der Waals surface area contributed by atoms with Gasteiger partial charge in [-0.25, -0.2) is 4.79 Å². The van der Waals surface area contributed by atoms with Crippen molar-refractivity contribution < 1.29 is 14.7 Å². The fraction of sp³-hybridized carbons (Fsp3) is 0.333. The highest BCUT2D eigenvalue weighted by atomic mass is 16.4. The van der Waals surface area contributed by atoms with Gasteiger partial charge in [-0.1, -0.05) is 32.0 Å². The largest absolute Gasteiger partial charge is 0.480 e. The van der Waals surface area contributed by atoms with Crippen LogP contribution in [0.4, 0.5) is 0 Å². The SMILES string of the molecule is CC.CC(=O)NC(Cc1c[nH]c2ccccc12)C(=O)O. The van der Waals surface area contributed by atoms with Crippen LogP contribution in [0.25, 0.3) is 10.9 Å². The fourth-order valence-electron chi connectivity index (χ4n) is 1.97. The van der Waals surface area contributed by atoms with E-state index in [1.54, 1.807) is 6.20 Å². The Bertz CT molecular complexity index is 590. The Kier molecular flexibility index (Phi) is 5.77. The highest BCUT2D eigenvalue weighted by Gasteiger charge is 2.20. The van der Waals surface area contributed by atoms with Crippen LogP contribution in [-0.2, 0) is 16.0 Å². The number of rotatable bonds is 4. The second-order valence-corrected chi connectivity index (χ2v) is 4.15. The first-order valence-corrected chi connectivity index (χ1v) is 6.63. The summed E-state index contributed by atoms with van der Waals surface area (Å²) in [5.74, 6) is -1.38. The Morgan fingerprint density at radius 3 is 2.55 bits per heavy atom. The van der Waals surface area contributed by atoms with Gasteiger partial charge < -0.3 is 15.4 Å². The van der Waals surface area contributed by atoms with Crippen LogP contribution in [0.2, 0.25) is 0 Å². The zero-order chi connectivity index (χ0) is 15.1. The topological polar surface area (TPSA) is 82.2 Å². The number of amides is 1. The van der Waals surface area contributed by atoms with Crippen LogP contribution in [-0.4, -0.2) is 28.0 Å².